The zero-order valence-electron chi connectivity index (χ0n) is 11.7. The first-order valence-corrected chi connectivity index (χ1v) is 7.75. The van der Waals surface area contributed by atoms with Gasteiger partial charge in [-0.05, 0) is 12.1 Å². The van der Waals surface area contributed by atoms with Crippen molar-refractivity contribution in [2.75, 3.05) is 19.6 Å². The lowest BCUT2D eigenvalue weighted by atomic mass is 10.1. The van der Waals surface area contributed by atoms with E-state index in [9.17, 15) is 14.4 Å². The SMILES string of the molecule is CC(=O)O[C@@H]1CN(C(=O)O)C[C@H]1CNC(=O)c1ccc(Cl)s1. The summed E-state index contributed by atoms with van der Waals surface area (Å²) in [6.07, 6.45) is -1.63. The quantitative estimate of drug-likeness (QED) is 0.808. The highest BCUT2D eigenvalue weighted by atomic mass is 35.5. The van der Waals surface area contributed by atoms with Gasteiger partial charge in [0.05, 0.1) is 15.8 Å². The Labute approximate surface area is 135 Å². The summed E-state index contributed by atoms with van der Waals surface area (Å²) in [5.41, 5.74) is 0. The highest BCUT2D eigenvalue weighted by Crippen LogP contribution is 2.22. The number of carboxylic acid groups (broad SMARTS) is 1. The van der Waals surface area contributed by atoms with Gasteiger partial charge in [0.25, 0.3) is 5.91 Å². The molecular formula is C13H15ClN2O5S. The molecule has 2 rings (SSSR count). The van der Waals surface area contributed by atoms with Gasteiger partial charge < -0.3 is 20.1 Å². The Morgan fingerprint density at radius 1 is 1.45 bits per heavy atom. The summed E-state index contributed by atoms with van der Waals surface area (Å²) in [6, 6.07) is 3.24. The van der Waals surface area contributed by atoms with Gasteiger partial charge in [-0.3, -0.25) is 9.59 Å². The predicted octanol–water partition coefficient (Wildman–Crippen LogP) is 1.67. The number of carbonyl (C=O) groups is 3. The van der Waals surface area contributed by atoms with Gasteiger partial charge in [-0.2, -0.15) is 0 Å². The summed E-state index contributed by atoms with van der Waals surface area (Å²) in [6.45, 7) is 1.81. The largest absolute Gasteiger partial charge is 0.465 e. The molecule has 0 unspecified atom stereocenters. The summed E-state index contributed by atoms with van der Waals surface area (Å²) in [7, 11) is 0. The number of nitrogens with zero attached hydrogens (tertiary/aromatic N) is 1. The number of esters is 1. The van der Waals surface area contributed by atoms with E-state index in [1.165, 1.54) is 11.8 Å². The molecule has 9 heteroatoms. The average molecular weight is 347 g/mol. The van der Waals surface area contributed by atoms with Crippen LogP contribution in [0.3, 0.4) is 0 Å². The second-order valence-electron chi connectivity index (χ2n) is 4.91. The van der Waals surface area contributed by atoms with Crippen LogP contribution in [0.2, 0.25) is 4.34 Å². The number of hydrogen-bond acceptors (Lipinski definition) is 5. The third-order valence-electron chi connectivity index (χ3n) is 3.29. The summed E-state index contributed by atoms with van der Waals surface area (Å²) in [5, 5.41) is 11.7. The van der Waals surface area contributed by atoms with E-state index in [-0.39, 0.29) is 31.5 Å². The van der Waals surface area contributed by atoms with Gasteiger partial charge in [-0.1, -0.05) is 11.6 Å². The van der Waals surface area contributed by atoms with Crippen molar-refractivity contribution < 1.29 is 24.2 Å². The minimum Gasteiger partial charge on any atom is -0.465 e. The van der Waals surface area contributed by atoms with Crippen molar-refractivity contribution in [3.05, 3.63) is 21.3 Å². The number of carbonyl (C=O) groups excluding carboxylic acids is 2. The molecule has 1 aromatic rings. The van der Waals surface area contributed by atoms with Crippen molar-refractivity contribution in [1.82, 2.24) is 10.2 Å². The number of nitrogens with one attached hydrogen (secondary N) is 1. The molecule has 120 valence electrons. The van der Waals surface area contributed by atoms with E-state index in [0.29, 0.717) is 9.21 Å². The third-order valence-corrected chi connectivity index (χ3v) is 4.52. The van der Waals surface area contributed by atoms with Crippen LogP contribution in [0.1, 0.15) is 16.6 Å². The molecule has 0 aromatic carbocycles. The second-order valence-corrected chi connectivity index (χ2v) is 6.62. The van der Waals surface area contributed by atoms with Crippen LogP contribution < -0.4 is 5.32 Å². The standard InChI is InChI=1S/C13H15ClN2O5S/c1-7(17)21-9-6-16(13(19)20)5-8(9)4-15-12(18)10-2-3-11(14)22-10/h2-3,8-9H,4-6H2,1H3,(H,15,18)(H,19,20)/t8-,9-/m1/s1. The number of rotatable bonds is 4. The lowest BCUT2D eigenvalue weighted by Gasteiger charge is -2.18. The molecule has 7 nitrogen and oxygen atoms in total. The first-order chi connectivity index (χ1) is 10.4. The van der Waals surface area contributed by atoms with E-state index in [1.54, 1.807) is 12.1 Å². The maximum absolute atomic E-state index is 12.0. The molecule has 22 heavy (non-hydrogen) atoms. The van der Waals surface area contributed by atoms with Crippen LogP contribution in [0.25, 0.3) is 0 Å². The van der Waals surface area contributed by atoms with Crippen molar-refractivity contribution in [1.29, 1.82) is 0 Å². The Morgan fingerprint density at radius 2 is 2.18 bits per heavy atom. The lowest BCUT2D eigenvalue weighted by molar-refractivity contribution is -0.147. The molecule has 1 aliphatic rings. The van der Waals surface area contributed by atoms with Gasteiger partial charge in [0, 0.05) is 25.9 Å². The zero-order chi connectivity index (χ0) is 16.3. The predicted molar refractivity (Wildman–Crippen MR) is 80.3 cm³/mol. The minimum atomic E-state index is -1.07. The Hall–Kier alpha value is -1.80. The van der Waals surface area contributed by atoms with Crippen LogP contribution in [-0.4, -0.2) is 53.7 Å². The Balaban J connectivity index is 1.95. The first-order valence-electron chi connectivity index (χ1n) is 6.55. The second kappa shape index (κ2) is 6.97. The van der Waals surface area contributed by atoms with E-state index in [4.69, 9.17) is 21.4 Å². The average Bonchev–Trinajstić information content (AvgIpc) is 3.02. The summed E-state index contributed by atoms with van der Waals surface area (Å²) >= 11 is 6.93. The van der Waals surface area contributed by atoms with Crippen molar-refractivity contribution >= 4 is 40.9 Å². The van der Waals surface area contributed by atoms with Gasteiger partial charge in [-0.15, -0.1) is 11.3 Å². The van der Waals surface area contributed by atoms with E-state index in [2.05, 4.69) is 5.32 Å². The van der Waals surface area contributed by atoms with Crippen LogP contribution in [0.15, 0.2) is 12.1 Å². The van der Waals surface area contributed by atoms with Crippen LogP contribution in [0, 0.1) is 5.92 Å². The van der Waals surface area contributed by atoms with Gasteiger partial charge in [-0.25, -0.2) is 4.79 Å². The number of likely N-dealkylation sites (tertiary alicyclic amines) is 1. The van der Waals surface area contributed by atoms with Gasteiger partial charge >= 0.3 is 12.1 Å². The smallest absolute Gasteiger partial charge is 0.407 e. The highest BCUT2D eigenvalue weighted by Gasteiger charge is 2.37. The van der Waals surface area contributed by atoms with Crippen LogP contribution in [0.4, 0.5) is 4.79 Å². The van der Waals surface area contributed by atoms with E-state index >= 15 is 0 Å². The Kier molecular flexibility index (Phi) is 5.25. The molecule has 1 fully saturated rings. The molecule has 1 aromatic heterocycles. The van der Waals surface area contributed by atoms with Crippen molar-refractivity contribution in [2.24, 2.45) is 5.92 Å². The number of ether oxygens (including phenoxy) is 1. The summed E-state index contributed by atoms with van der Waals surface area (Å²) in [5.74, 6) is -1.04. The maximum Gasteiger partial charge on any atom is 0.407 e. The van der Waals surface area contributed by atoms with Gasteiger partial charge in [0.1, 0.15) is 6.10 Å². The van der Waals surface area contributed by atoms with Gasteiger partial charge in [0.2, 0.25) is 0 Å². The van der Waals surface area contributed by atoms with Crippen molar-refractivity contribution in [3.8, 4) is 0 Å². The Morgan fingerprint density at radius 3 is 2.73 bits per heavy atom. The fourth-order valence-electron chi connectivity index (χ4n) is 2.29. The fourth-order valence-corrected chi connectivity index (χ4v) is 3.25. The topological polar surface area (TPSA) is 95.9 Å². The summed E-state index contributed by atoms with van der Waals surface area (Å²) in [4.78, 5) is 35.7. The van der Waals surface area contributed by atoms with Gasteiger partial charge in [0.15, 0.2) is 0 Å². The van der Waals surface area contributed by atoms with E-state index in [0.717, 1.165) is 11.3 Å². The van der Waals surface area contributed by atoms with E-state index < -0.39 is 18.2 Å². The molecular weight excluding hydrogens is 332 g/mol. The normalized spacial score (nSPS) is 20.7. The molecule has 2 N–H and O–H groups in total. The Bertz CT molecular complexity index is 591. The first kappa shape index (κ1) is 16.6. The lowest BCUT2D eigenvalue weighted by Crippen LogP contribution is -2.35. The molecule has 0 saturated carbocycles. The fraction of sp³-hybridized carbons (Fsp3) is 0.462. The van der Waals surface area contributed by atoms with Crippen LogP contribution in [0.5, 0.6) is 0 Å². The summed E-state index contributed by atoms with van der Waals surface area (Å²) < 4.78 is 5.65. The number of halogens is 1. The molecule has 2 heterocycles. The third kappa shape index (κ3) is 4.11. The number of thiophene rings is 1. The van der Waals surface area contributed by atoms with Crippen LogP contribution in [-0.2, 0) is 9.53 Å². The van der Waals surface area contributed by atoms with Crippen molar-refractivity contribution in [2.45, 2.75) is 13.0 Å². The van der Waals surface area contributed by atoms with Crippen LogP contribution >= 0.6 is 22.9 Å². The maximum atomic E-state index is 12.0. The highest BCUT2D eigenvalue weighted by molar-refractivity contribution is 7.17. The molecule has 0 radical (unpaired) electrons. The number of amides is 2. The molecule has 0 aliphatic carbocycles. The molecule has 1 saturated heterocycles. The minimum absolute atomic E-state index is 0.111. The van der Waals surface area contributed by atoms with E-state index in [1.807, 2.05) is 0 Å². The molecule has 0 bridgehead atoms. The molecule has 1 aliphatic heterocycles. The molecule has 2 atom stereocenters. The molecule has 0 spiro atoms. The van der Waals surface area contributed by atoms with Crippen molar-refractivity contribution in [3.63, 3.8) is 0 Å². The number of hydrogen-bond donors (Lipinski definition) is 2. The molecule has 2 amide bonds. The monoisotopic (exact) mass is 346 g/mol. The zero-order valence-corrected chi connectivity index (χ0v) is 13.3.